The maximum atomic E-state index is 6.86. The number of ether oxygens (including phenoxy) is 2. The van der Waals surface area contributed by atoms with Gasteiger partial charge in [0, 0.05) is 75.4 Å². The number of hydrogen-bond donors (Lipinski definition) is 4. The third kappa shape index (κ3) is 8.78. The van der Waals surface area contributed by atoms with E-state index in [0.717, 1.165) is 69.3 Å². The van der Waals surface area contributed by atoms with Crippen LogP contribution in [0.4, 0.5) is 23.3 Å². The van der Waals surface area contributed by atoms with Gasteiger partial charge in [0.15, 0.2) is 11.6 Å². The van der Waals surface area contributed by atoms with Gasteiger partial charge < -0.3 is 20.1 Å². The Morgan fingerprint density at radius 1 is 0.644 bits per heavy atom. The molecule has 1 aliphatic carbocycles. The summed E-state index contributed by atoms with van der Waals surface area (Å²) in [7, 11) is 0. The normalized spacial score (nSPS) is 12.2. The molecule has 0 amide bonds. The molecule has 4 N–H and O–H groups in total. The predicted molar refractivity (Wildman–Crippen MR) is 230 cm³/mol. The smallest absolute Gasteiger partial charge is 0.246 e. The molecule has 0 fully saturated rings. The molecule has 0 saturated heterocycles. The number of aryl methyl sites for hydroxylation is 4. The maximum Gasteiger partial charge on any atom is 0.246 e. The zero-order valence-electron chi connectivity index (χ0n) is 32.8. The van der Waals surface area contributed by atoms with Crippen LogP contribution in [0.3, 0.4) is 0 Å². The van der Waals surface area contributed by atoms with Crippen LogP contribution < -0.4 is 20.1 Å². The van der Waals surface area contributed by atoms with Crippen LogP contribution in [-0.4, -0.2) is 40.3 Å². The van der Waals surface area contributed by atoms with Crippen LogP contribution in [0.5, 0.6) is 23.0 Å². The van der Waals surface area contributed by atoms with E-state index in [-0.39, 0.29) is 0 Å². The lowest BCUT2D eigenvalue weighted by Gasteiger charge is -2.19. The Morgan fingerprint density at radius 3 is 2.02 bits per heavy atom. The fraction of sp³-hybridized carbons (Fsp3) is 0.174. The van der Waals surface area contributed by atoms with Crippen molar-refractivity contribution in [2.24, 2.45) is 0 Å². The Balaban J connectivity index is 0.845. The van der Waals surface area contributed by atoms with Crippen molar-refractivity contribution in [2.45, 2.75) is 52.9 Å². The maximum absolute atomic E-state index is 6.86. The van der Waals surface area contributed by atoms with Crippen molar-refractivity contribution in [2.75, 3.05) is 10.6 Å². The van der Waals surface area contributed by atoms with E-state index >= 15 is 0 Å². The third-order valence-electron chi connectivity index (χ3n) is 10.1. The summed E-state index contributed by atoms with van der Waals surface area (Å²) in [4.78, 5) is 18.4. The topological polar surface area (TPSA) is 151 Å². The second kappa shape index (κ2) is 16.4. The summed E-state index contributed by atoms with van der Waals surface area (Å²) in [6.45, 7) is 5.86. The van der Waals surface area contributed by atoms with E-state index in [1.807, 2.05) is 106 Å². The van der Waals surface area contributed by atoms with Gasteiger partial charge in [0.05, 0.1) is 0 Å². The number of nitrogens with one attached hydrogen (secondary N) is 4. The number of aromatic nitrogens is 8. The van der Waals surface area contributed by atoms with E-state index in [9.17, 15) is 0 Å². The van der Waals surface area contributed by atoms with E-state index in [1.54, 1.807) is 6.20 Å². The number of pyridine rings is 2. The van der Waals surface area contributed by atoms with E-state index in [2.05, 4.69) is 59.2 Å². The molecule has 4 aromatic heterocycles. The average Bonchev–Trinajstić information content (AvgIpc) is 3.90. The van der Waals surface area contributed by atoms with Crippen molar-refractivity contribution >= 4 is 34.9 Å². The zero-order chi connectivity index (χ0) is 40.3. The number of aromatic amines is 2. The molecule has 0 unspecified atom stereocenters. The number of hydrogen-bond acceptors (Lipinski definition) is 10. The zero-order valence-corrected chi connectivity index (χ0v) is 33.6. The summed E-state index contributed by atoms with van der Waals surface area (Å²) in [5.74, 6) is 5.09. The number of fused-ring (bicyclic) bond motifs is 1. The highest BCUT2D eigenvalue weighted by Gasteiger charge is 2.16. The molecular weight excluding hydrogens is 760 g/mol. The summed E-state index contributed by atoms with van der Waals surface area (Å²) in [6.07, 6.45) is 6.85. The van der Waals surface area contributed by atoms with Gasteiger partial charge in [0.2, 0.25) is 11.9 Å². The molecule has 4 aromatic carbocycles. The van der Waals surface area contributed by atoms with Crippen LogP contribution in [0.15, 0.2) is 109 Å². The van der Waals surface area contributed by atoms with Gasteiger partial charge in [0.25, 0.3) is 0 Å². The molecule has 4 heterocycles. The Bertz CT molecular complexity index is 2760. The molecule has 8 aromatic rings. The third-order valence-corrected chi connectivity index (χ3v) is 10.7. The van der Waals surface area contributed by atoms with Gasteiger partial charge in [-0.2, -0.15) is 9.97 Å². The fourth-order valence-corrected chi connectivity index (χ4v) is 7.53. The number of anilines is 4. The summed E-state index contributed by atoms with van der Waals surface area (Å²) < 4.78 is 12.3. The second-order valence-electron chi connectivity index (χ2n) is 14.7. The lowest BCUT2D eigenvalue weighted by molar-refractivity contribution is 0.480. The molecule has 0 aliphatic heterocycles. The SMILES string of the molecule is Cc1cc(Oc2ccc(-c3nc(Nc4cc(C)c(Cl)c(Cc5cc(Oc6ccc(-c7nc(Nc8cccc9c8CCCC9)n[nH]7)cc6)cc(C)n5)c4)n[nH]3)cc2)ccn1. The number of rotatable bonds is 12. The van der Waals surface area contributed by atoms with Crippen LogP contribution in [0.25, 0.3) is 22.8 Å². The van der Waals surface area contributed by atoms with Crippen LogP contribution in [0, 0.1) is 20.8 Å². The first kappa shape index (κ1) is 37.5. The first-order chi connectivity index (χ1) is 28.8. The van der Waals surface area contributed by atoms with Crippen LogP contribution in [0.2, 0.25) is 5.02 Å². The average molecular weight is 801 g/mol. The van der Waals surface area contributed by atoms with Gasteiger partial charge in [-0.15, -0.1) is 10.2 Å². The van der Waals surface area contributed by atoms with Crippen molar-refractivity contribution in [3.05, 3.63) is 154 Å². The summed E-state index contributed by atoms with van der Waals surface area (Å²) >= 11 is 6.86. The van der Waals surface area contributed by atoms with Gasteiger partial charge in [-0.1, -0.05) is 23.7 Å². The quantitative estimate of drug-likeness (QED) is 0.0939. The highest BCUT2D eigenvalue weighted by atomic mass is 35.5. The lowest BCUT2D eigenvalue weighted by Crippen LogP contribution is -2.06. The molecule has 9 rings (SSSR count). The summed E-state index contributed by atoms with van der Waals surface area (Å²) in [6, 6.07) is 33.4. The highest BCUT2D eigenvalue weighted by molar-refractivity contribution is 6.32. The van der Waals surface area contributed by atoms with Crippen LogP contribution in [-0.2, 0) is 19.3 Å². The molecule has 0 bridgehead atoms. The van der Waals surface area contributed by atoms with Crippen LogP contribution >= 0.6 is 11.6 Å². The molecule has 13 heteroatoms. The molecule has 12 nitrogen and oxygen atoms in total. The first-order valence-corrected chi connectivity index (χ1v) is 19.9. The van der Waals surface area contributed by atoms with Gasteiger partial charge in [-0.3, -0.25) is 20.2 Å². The molecular formula is C46H41ClN10O2. The Hall–Kier alpha value is -7.05. The first-order valence-electron chi connectivity index (χ1n) is 19.5. The highest BCUT2D eigenvalue weighted by Crippen LogP contribution is 2.33. The van der Waals surface area contributed by atoms with Gasteiger partial charge in [0.1, 0.15) is 23.0 Å². The number of nitrogens with zero attached hydrogens (tertiary/aromatic N) is 6. The predicted octanol–water partition coefficient (Wildman–Crippen LogP) is 11.2. The van der Waals surface area contributed by atoms with Crippen molar-refractivity contribution in [1.82, 2.24) is 40.3 Å². The van der Waals surface area contributed by atoms with Gasteiger partial charge >= 0.3 is 0 Å². The minimum atomic E-state index is 0.432. The Morgan fingerprint density at radius 2 is 1.31 bits per heavy atom. The van der Waals surface area contributed by atoms with E-state index < -0.39 is 0 Å². The number of benzene rings is 4. The monoisotopic (exact) mass is 800 g/mol. The van der Waals surface area contributed by atoms with Gasteiger partial charge in [-0.05, 0) is 142 Å². The summed E-state index contributed by atoms with van der Waals surface area (Å²) in [5.41, 5.74) is 10.8. The van der Waals surface area contributed by atoms with Crippen molar-refractivity contribution in [3.8, 4) is 45.8 Å². The molecule has 0 radical (unpaired) electrons. The largest absolute Gasteiger partial charge is 0.457 e. The molecule has 294 valence electrons. The van der Waals surface area contributed by atoms with E-state index in [1.165, 1.54) is 24.0 Å². The minimum Gasteiger partial charge on any atom is -0.457 e. The Labute approximate surface area is 346 Å². The number of H-pyrrole nitrogens is 2. The van der Waals surface area contributed by atoms with Crippen molar-refractivity contribution in [3.63, 3.8) is 0 Å². The van der Waals surface area contributed by atoms with E-state index in [0.29, 0.717) is 52.2 Å². The van der Waals surface area contributed by atoms with Crippen molar-refractivity contribution in [1.29, 1.82) is 0 Å². The Kier molecular flexibility index (Phi) is 10.5. The molecule has 0 spiro atoms. The fourth-order valence-electron chi connectivity index (χ4n) is 7.35. The second-order valence-corrected chi connectivity index (χ2v) is 15.1. The molecule has 0 atom stereocenters. The molecule has 59 heavy (non-hydrogen) atoms. The van der Waals surface area contributed by atoms with E-state index in [4.69, 9.17) is 31.0 Å². The lowest BCUT2D eigenvalue weighted by atomic mass is 9.90. The minimum absolute atomic E-state index is 0.432. The number of halogens is 1. The standard InChI is InChI=1S/C46H41ClN10O2/c1-27-21-34(50-45-52-43(54-56-45)31-11-15-36(16-12-31)58-38-19-20-48-28(2)22-38)24-33(42(27)47)25-35-26-39(23-29(3)49-35)59-37-17-13-32(14-18-37)44-53-46(57-55-44)51-41-10-6-8-30-7-4-5-9-40(30)41/h6,8,10-24,26H,4-5,7,9,25H2,1-3H3,(H2,50,52,54,56)(H2,51,53,55,57). The summed E-state index contributed by atoms with van der Waals surface area (Å²) in [5, 5.41) is 22.4. The van der Waals surface area contributed by atoms with Gasteiger partial charge in [-0.25, -0.2) is 0 Å². The van der Waals surface area contributed by atoms with Crippen LogP contribution in [0.1, 0.15) is 52.2 Å². The van der Waals surface area contributed by atoms with Crippen molar-refractivity contribution < 1.29 is 9.47 Å². The molecule has 0 saturated carbocycles. The molecule has 1 aliphatic rings.